The Morgan fingerprint density at radius 3 is 2.31 bits per heavy atom. The predicted molar refractivity (Wildman–Crippen MR) is 139 cm³/mol. The molecule has 1 saturated carbocycles. The van der Waals surface area contributed by atoms with Crippen molar-refractivity contribution in [3.8, 4) is 0 Å². The zero-order valence-electron chi connectivity index (χ0n) is 21.0. The van der Waals surface area contributed by atoms with E-state index in [0.717, 1.165) is 23.4 Å². The molecular weight excluding hydrogens is 498 g/mol. The van der Waals surface area contributed by atoms with Gasteiger partial charge in [0.05, 0.1) is 4.90 Å². The van der Waals surface area contributed by atoms with E-state index in [-0.39, 0.29) is 42.6 Å². The number of anilines is 1. The van der Waals surface area contributed by atoms with Crippen molar-refractivity contribution in [1.82, 2.24) is 19.4 Å². The van der Waals surface area contributed by atoms with Gasteiger partial charge < -0.3 is 10.2 Å². The molecule has 2 fully saturated rings. The molecule has 196 valence electrons. The van der Waals surface area contributed by atoms with Crippen LogP contribution in [0.4, 0.5) is 5.13 Å². The normalized spacial score (nSPS) is 17.9. The van der Waals surface area contributed by atoms with E-state index in [2.05, 4.69) is 29.4 Å². The van der Waals surface area contributed by atoms with Crippen LogP contribution in [0.15, 0.2) is 29.2 Å². The van der Waals surface area contributed by atoms with Gasteiger partial charge in [0.15, 0.2) is 0 Å². The van der Waals surface area contributed by atoms with Gasteiger partial charge in [0, 0.05) is 44.9 Å². The number of aromatic nitrogens is 2. The van der Waals surface area contributed by atoms with E-state index in [1.54, 1.807) is 17.0 Å². The summed E-state index contributed by atoms with van der Waals surface area (Å²) in [6.45, 7) is 5.22. The average molecular weight is 534 g/mol. The number of nitrogens with zero attached hydrogens (tertiary/aromatic N) is 4. The minimum atomic E-state index is -3.60. The summed E-state index contributed by atoms with van der Waals surface area (Å²) in [5.74, 6) is 0.352. The van der Waals surface area contributed by atoms with Crippen LogP contribution in [0, 0.1) is 0 Å². The summed E-state index contributed by atoms with van der Waals surface area (Å²) in [5, 5.41) is 12.6. The molecule has 2 heterocycles. The smallest absolute Gasteiger partial charge is 0.243 e. The largest absolute Gasteiger partial charge is 0.340 e. The maximum absolute atomic E-state index is 13.0. The molecule has 9 nitrogen and oxygen atoms in total. The molecule has 0 radical (unpaired) electrons. The van der Waals surface area contributed by atoms with Crippen molar-refractivity contribution in [3.63, 3.8) is 0 Å². The second-order valence-corrected chi connectivity index (χ2v) is 12.8. The Balaban J connectivity index is 1.22. The van der Waals surface area contributed by atoms with Gasteiger partial charge in [-0.1, -0.05) is 56.6 Å². The second-order valence-electron chi connectivity index (χ2n) is 9.84. The summed E-state index contributed by atoms with van der Waals surface area (Å²) in [7, 11) is -3.60. The van der Waals surface area contributed by atoms with E-state index in [1.165, 1.54) is 34.9 Å². The van der Waals surface area contributed by atoms with E-state index < -0.39 is 10.0 Å². The van der Waals surface area contributed by atoms with Crippen LogP contribution in [0.5, 0.6) is 0 Å². The van der Waals surface area contributed by atoms with E-state index in [4.69, 9.17) is 0 Å². The van der Waals surface area contributed by atoms with E-state index >= 15 is 0 Å². The van der Waals surface area contributed by atoms with E-state index in [1.807, 2.05) is 12.1 Å². The molecule has 0 unspecified atom stereocenters. The third-order valence-electron chi connectivity index (χ3n) is 6.98. The van der Waals surface area contributed by atoms with Gasteiger partial charge in [-0.15, -0.1) is 10.2 Å². The first-order valence-electron chi connectivity index (χ1n) is 12.7. The molecule has 11 heteroatoms. The fourth-order valence-corrected chi connectivity index (χ4v) is 7.06. The third-order valence-corrected chi connectivity index (χ3v) is 9.90. The minimum Gasteiger partial charge on any atom is -0.340 e. The highest BCUT2D eigenvalue weighted by Gasteiger charge is 2.30. The van der Waals surface area contributed by atoms with Crippen molar-refractivity contribution in [2.24, 2.45) is 0 Å². The molecule has 2 amide bonds. The minimum absolute atomic E-state index is 0.0535. The summed E-state index contributed by atoms with van der Waals surface area (Å²) in [6, 6.07) is 7.00. The maximum Gasteiger partial charge on any atom is 0.243 e. The monoisotopic (exact) mass is 533 g/mol. The second kappa shape index (κ2) is 11.8. The quantitative estimate of drug-likeness (QED) is 0.550. The molecule has 0 spiro atoms. The van der Waals surface area contributed by atoms with Gasteiger partial charge in [-0.3, -0.25) is 9.59 Å². The molecule has 36 heavy (non-hydrogen) atoms. The van der Waals surface area contributed by atoms with Gasteiger partial charge in [0.25, 0.3) is 0 Å². The average Bonchev–Trinajstić information content (AvgIpc) is 3.36. The Hall–Kier alpha value is -2.37. The number of sulfonamides is 1. The Morgan fingerprint density at radius 1 is 1.00 bits per heavy atom. The molecule has 1 aromatic heterocycles. The number of carbonyl (C=O) groups excluding carboxylic acids is 2. The van der Waals surface area contributed by atoms with Gasteiger partial charge in [0.1, 0.15) is 5.01 Å². The summed E-state index contributed by atoms with van der Waals surface area (Å²) in [5.41, 5.74) is 1.09. The number of carbonyl (C=O) groups is 2. The molecule has 1 aliphatic heterocycles. The Labute approximate surface area is 217 Å². The van der Waals surface area contributed by atoms with Crippen LogP contribution in [0.25, 0.3) is 0 Å². The van der Waals surface area contributed by atoms with Crippen LogP contribution in [0.3, 0.4) is 0 Å². The topological polar surface area (TPSA) is 113 Å². The number of rotatable bonds is 8. The van der Waals surface area contributed by atoms with Crippen LogP contribution in [-0.2, 0) is 19.6 Å². The van der Waals surface area contributed by atoms with Crippen LogP contribution >= 0.6 is 11.3 Å². The lowest BCUT2D eigenvalue weighted by atomic mass is 9.90. The summed E-state index contributed by atoms with van der Waals surface area (Å²) < 4.78 is 27.4. The first kappa shape index (κ1) is 26.7. The lowest BCUT2D eigenvalue weighted by molar-refractivity contribution is -0.133. The van der Waals surface area contributed by atoms with Gasteiger partial charge in [-0.2, -0.15) is 4.31 Å². The number of amides is 2. The van der Waals surface area contributed by atoms with Crippen molar-refractivity contribution in [2.75, 3.05) is 31.5 Å². The Bertz CT molecular complexity index is 1150. The van der Waals surface area contributed by atoms with Crippen LogP contribution in [0.1, 0.15) is 81.2 Å². The third kappa shape index (κ3) is 6.49. The number of hydrogen-bond donors (Lipinski definition) is 1. The Morgan fingerprint density at radius 2 is 1.67 bits per heavy atom. The first-order chi connectivity index (χ1) is 17.2. The highest BCUT2D eigenvalue weighted by Crippen LogP contribution is 2.35. The van der Waals surface area contributed by atoms with Crippen molar-refractivity contribution in [2.45, 2.75) is 75.5 Å². The van der Waals surface area contributed by atoms with Crippen molar-refractivity contribution in [3.05, 3.63) is 34.8 Å². The molecular formula is C25H35N5O4S2. The molecule has 1 aliphatic carbocycles. The predicted octanol–water partition coefficient (Wildman–Crippen LogP) is 3.96. The van der Waals surface area contributed by atoms with Crippen molar-refractivity contribution in [1.29, 1.82) is 0 Å². The number of hydrogen-bond acceptors (Lipinski definition) is 7. The highest BCUT2D eigenvalue weighted by molar-refractivity contribution is 7.89. The number of nitrogens with one attached hydrogen (secondary N) is 1. The molecule has 0 bridgehead atoms. The van der Waals surface area contributed by atoms with Crippen molar-refractivity contribution < 1.29 is 18.0 Å². The summed E-state index contributed by atoms with van der Waals surface area (Å²) in [6.07, 6.45) is 6.05. The fraction of sp³-hybridized carbons (Fsp3) is 0.600. The number of piperazine rings is 1. The zero-order chi connectivity index (χ0) is 25.7. The summed E-state index contributed by atoms with van der Waals surface area (Å²) in [4.78, 5) is 26.9. The highest BCUT2D eigenvalue weighted by atomic mass is 32.2. The van der Waals surface area contributed by atoms with Gasteiger partial charge in [0.2, 0.25) is 27.0 Å². The van der Waals surface area contributed by atoms with E-state index in [9.17, 15) is 18.0 Å². The molecule has 1 aromatic carbocycles. The van der Waals surface area contributed by atoms with E-state index in [0.29, 0.717) is 30.1 Å². The lowest BCUT2D eigenvalue weighted by Crippen LogP contribution is -2.50. The molecule has 1 N–H and O–H groups in total. The van der Waals surface area contributed by atoms with Crippen LogP contribution in [0.2, 0.25) is 0 Å². The van der Waals surface area contributed by atoms with Crippen molar-refractivity contribution >= 4 is 38.3 Å². The Kier molecular flexibility index (Phi) is 8.74. The fourth-order valence-electron chi connectivity index (χ4n) is 4.71. The van der Waals surface area contributed by atoms with Gasteiger partial charge >= 0.3 is 0 Å². The van der Waals surface area contributed by atoms with Gasteiger partial charge in [-0.25, -0.2) is 8.42 Å². The van der Waals surface area contributed by atoms with Crippen LogP contribution < -0.4 is 5.32 Å². The molecule has 2 aliphatic rings. The first-order valence-corrected chi connectivity index (χ1v) is 15.0. The maximum atomic E-state index is 13.0. The molecule has 4 rings (SSSR count). The van der Waals surface area contributed by atoms with Crippen LogP contribution in [-0.4, -0.2) is 65.8 Å². The van der Waals surface area contributed by atoms with Gasteiger partial charge in [-0.05, 0) is 36.5 Å². The lowest BCUT2D eigenvalue weighted by Gasteiger charge is -2.34. The SMILES string of the molecule is CC(C)c1ccc(S(=O)(=O)N2CCN(C(=O)CCC(=O)Nc3nnc(C4CCCCC4)s3)CC2)cc1. The number of benzene rings is 1. The zero-order valence-corrected chi connectivity index (χ0v) is 22.6. The summed E-state index contributed by atoms with van der Waals surface area (Å²) >= 11 is 1.42. The molecule has 0 atom stereocenters. The molecule has 1 saturated heterocycles. The standard InChI is InChI=1S/C25H35N5O4S2/c1-18(2)19-8-10-21(11-9-19)36(33,34)30-16-14-29(15-17-30)23(32)13-12-22(31)26-25-28-27-24(35-25)20-6-4-3-5-7-20/h8-11,18,20H,3-7,12-17H2,1-2H3,(H,26,28,31). The molecule has 2 aromatic rings.